The van der Waals surface area contributed by atoms with Gasteiger partial charge in [0.05, 0.1) is 16.8 Å². The third-order valence-electron chi connectivity index (χ3n) is 5.02. The highest BCUT2D eigenvalue weighted by Crippen LogP contribution is 2.29. The zero-order valence-electron chi connectivity index (χ0n) is 14.6. The van der Waals surface area contributed by atoms with Gasteiger partial charge < -0.3 is 4.90 Å². The van der Waals surface area contributed by atoms with E-state index in [4.69, 9.17) is 4.98 Å². The zero-order valence-corrected chi connectivity index (χ0v) is 15.4. The van der Waals surface area contributed by atoms with Gasteiger partial charge in [0.2, 0.25) is 0 Å². The fourth-order valence-corrected chi connectivity index (χ4v) is 4.50. The van der Waals surface area contributed by atoms with Crippen LogP contribution in [0.4, 0.5) is 0 Å². The molecule has 132 valence electrons. The van der Waals surface area contributed by atoms with Crippen molar-refractivity contribution in [2.45, 2.75) is 13.0 Å². The first kappa shape index (κ1) is 16.1. The number of nitrogens with zero attached hydrogens (tertiary/aromatic N) is 3. The fourth-order valence-electron chi connectivity index (χ4n) is 3.62. The molecule has 0 saturated carbocycles. The Balaban J connectivity index is 1.60. The van der Waals surface area contributed by atoms with Crippen molar-refractivity contribution < 1.29 is 4.79 Å². The van der Waals surface area contributed by atoms with Gasteiger partial charge in [-0.2, -0.15) is 0 Å². The Bertz CT molecular complexity index is 1140. The molecule has 4 heterocycles. The Morgan fingerprint density at radius 3 is 2.81 bits per heavy atom. The molecule has 5 heteroatoms. The molecule has 27 heavy (non-hydrogen) atoms. The number of hydrogen-bond donors (Lipinski definition) is 0. The van der Waals surface area contributed by atoms with E-state index in [1.54, 1.807) is 23.7 Å². The molecule has 0 bridgehead atoms. The number of amides is 1. The largest absolute Gasteiger partial charge is 0.334 e. The molecule has 1 aromatic carbocycles. The second-order valence-electron chi connectivity index (χ2n) is 6.65. The van der Waals surface area contributed by atoms with Gasteiger partial charge in [-0.25, -0.2) is 4.98 Å². The number of pyridine rings is 2. The molecule has 0 fully saturated rings. The van der Waals surface area contributed by atoms with Crippen LogP contribution < -0.4 is 0 Å². The van der Waals surface area contributed by atoms with E-state index < -0.39 is 0 Å². The second kappa shape index (κ2) is 6.59. The number of fused-ring (bicyclic) bond motifs is 2. The molecule has 5 rings (SSSR count). The van der Waals surface area contributed by atoms with Gasteiger partial charge in [-0.15, -0.1) is 11.3 Å². The number of aromatic nitrogens is 2. The van der Waals surface area contributed by atoms with Gasteiger partial charge in [0, 0.05) is 41.3 Å². The molecule has 0 N–H and O–H groups in total. The van der Waals surface area contributed by atoms with Crippen LogP contribution in [0.1, 0.15) is 20.8 Å². The van der Waals surface area contributed by atoms with Crippen LogP contribution in [-0.2, 0) is 13.0 Å². The van der Waals surface area contributed by atoms with Crippen LogP contribution in [0, 0.1) is 0 Å². The van der Waals surface area contributed by atoms with E-state index in [1.807, 2.05) is 47.4 Å². The molecule has 0 radical (unpaired) electrons. The standard InChI is InChI=1S/C22H17N3OS/c26-22(25-11-7-21-16(14-25)8-12-27-21)18-13-20(15-5-9-23-10-6-15)24-19-4-2-1-3-17(18)19/h1-6,8-10,12-13H,7,11,14H2. The summed E-state index contributed by atoms with van der Waals surface area (Å²) in [6.45, 7) is 1.44. The van der Waals surface area contributed by atoms with Crippen molar-refractivity contribution in [2.75, 3.05) is 6.54 Å². The van der Waals surface area contributed by atoms with Crippen molar-refractivity contribution in [3.8, 4) is 11.3 Å². The Morgan fingerprint density at radius 1 is 1.07 bits per heavy atom. The Labute approximate surface area is 161 Å². The van der Waals surface area contributed by atoms with Gasteiger partial charge in [-0.1, -0.05) is 18.2 Å². The van der Waals surface area contributed by atoms with Crippen LogP contribution in [0.25, 0.3) is 22.2 Å². The molecule has 0 unspecified atom stereocenters. The Kier molecular flexibility index (Phi) is 3.94. The molecule has 1 aliphatic heterocycles. The lowest BCUT2D eigenvalue weighted by atomic mass is 10.0. The van der Waals surface area contributed by atoms with Crippen LogP contribution in [0.15, 0.2) is 66.3 Å². The summed E-state index contributed by atoms with van der Waals surface area (Å²) in [6, 6.07) is 15.7. The van der Waals surface area contributed by atoms with Crippen LogP contribution >= 0.6 is 11.3 Å². The number of para-hydroxylation sites is 1. The van der Waals surface area contributed by atoms with E-state index in [1.165, 1.54) is 10.4 Å². The average molecular weight is 371 g/mol. The van der Waals surface area contributed by atoms with Gasteiger partial charge in [-0.3, -0.25) is 9.78 Å². The minimum Gasteiger partial charge on any atom is -0.334 e. The van der Waals surface area contributed by atoms with Crippen molar-refractivity contribution in [1.29, 1.82) is 0 Å². The Morgan fingerprint density at radius 2 is 1.93 bits per heavy atom. The average Bonchev–Trinajstić information content (AvgIpc) is 3.21. The molecule has 4 nitrogen and oxygen atoms in total. The summed E-state index contributed by atoms with van der Waals surface area (Å²) in [4.78, 5) is 25.6. The van der Waals surface area contributed by atoms with Crippen LogP contribution in [0.5, 0.6) is 0 Å². The lowest BCUT2D eigenvalue weighted by molar-refractivity contribution is 0.0738. The van der Waals surface area contributed by atoms with Gasteiger partial charge in [0.1, 0.15) is 0 Å². The quantitative estimate of drug-likeness (QED) is 0.519. The van der Waals surface area contributed by atoms with Gasteiger partial charge >= 0.3 is 0 Å². The van der Waals surface area contributed by atoms with E-state index in [9.17, 15) is 4.79 Å². The topological polar surface area (TPSA) is 46.1 Å². The second-order valence-corrected chi connectivity index (χ2v) is 7.65. The summed E-state index contributed by atoms with van der Waals surface area (Å²) < 4.78 is 0. The first-order chi connectivity index (χ1) is 13.3. The highest BCUT2D eigenvalue weighted by molar-refractivity contribution is 7.10. The molecule has 0 spiro atoms. The van der Waals surface area contributed by atoms with E-state index in [-0.39, 0.29) is 5.91 Å². The smallest absolute Gasteiger partial charge is 0.254 e. The zero-order chi connectivity index (χ0) is 18.2. The van der Waals surface area contributed by atoms with E-state index in [0.717, 1.165) is 35.1 Å². The number of benzene rings is 1. The third kappa shape index (κ3) is 2.90. The third-order valence-corrected chi connectivity index (χ3v) is 6.04. The number of thiophene rings is 1. The van der Waals surface area contributed by atoms with Crippen molar-refractivity contribution in [3.05, 3.63) is 82.3 Å². The van der Waals surface area contributed by atoms with E-state index >= 15 is 0 Å². The molecule has 3 aromatic heterocycles. The number of carbonyl (C=O) groups excluding carboxylic acids is 1. The molecule has 0 saturated heterocycles. The maximum absolute atomic E-state index is 13.4. The van der Waals surface area contributed by atoms with Crippen LogP contribution in [-0.4, -0.2) is 27.3 Å². The Hall–Kier alpha value is -3.05. The minimum absolute atomic E-state index is 0.0701. The molecular weight excluding hydrogens is 354 g/mol. The lowest BCUT2D eigenvalue weighted by Gasteiger charge is -2.27. The summed E-state index contributed by atoms with van der Waals surface area (Å²) in [5.74, 6) is 0.0701. The number of carbonyl (C=O) groups is 1. The lowest BCUT2D eigenvalue weighted by Crippen LogP contribution is -2.35. The summed E-state index contributed by atoms with van der Waals surface area (Å²) in [5.41, 5.74) is 4.58. The van der Waals surface area contributed by atoms with Gasteiger partial charge in [-0.05, 0) is 47.7 Å². The van der Waals surface area contributed by atoms with Crippen LogP contribution in [0.2, 0.25) is 0 Å². The van der Waals surface area contributed by atoms with Gasteiger partial charge in [0.25, 0.3) is 5.91 Å². The summed E-state index contributed by atoms with van der Waals surface area (Å²) in [7, 11) is 0. The molecule has 1 aliphatic rings. The first-order valence-corrected chi connectivity index (χ1v) is 9.82. The van der Waals surface area contributed by atoms with Gasteiger partial charge in [0.15, 0.2) is 0 Å². The molecule has 0 atom stereocenters. The number of rotatable bonds is 2. The highest BCUT2D eigenvalue weighted by atomic mass is 32.1. The van der Waals surface area contributed by atoms with E-state index in [0.29, 0.717) is 12.1 Å². The van der Waals surface area contributed by atoms with Crippen molar-refractivity contribution in [2.24, 2.45) is 0 Å². The summed E-state index contributed by atoms with van der Waals surface area (Å²) >= 11 is 1.78. The fraction of sp³-hybridized carbons (Fsp3) is 0.136. The predicted molar refractivity (Wildman–Crippen MR) is 108 cm³/mol. The predicted octanol–water partition coefficient (Wildman–Crippen LogP) is 4.56. The van der Waals surface area contributed by atoms with Crippen molar-refractivity contribution in [1.82, 2.24) is 14.9 Å². The summed E-state index contributed by atoms with van der Waals surface area (Å²) in [6.07, 6.45) is 4.42. The summed E-state index contributed by atoms with van der Waals surface area (Å²) in [5, 5.41) is 3.01. The first-order valence-electron chi connectivity index (χ1n) is 8.94. The SMILES string of the molecule is O=C(c1cc(-c2ccncc2)nc2ccccc12)N1CCc2sccc2C1. The normalized spacial score (nSPS) is 13.6. The highest BCUT2D eigenvalue weighted by Gasteiger charge is 2.24. The molecular formula is C22H17N3OS. The maximum Gasteiger partial charge on any atom is 0.254 e. The van der Waals surface area contributed by atoms with E-state index in [2.05, 4.69) is 16.4 Å². The van der Waals surface area contributed by atoms with Crippen molar-refractivity contribution >= 4 is 28.1 Å². The number of hydrogen-bond acceptors (Lipinski definition) is 4. The maximum atomic E-state index is 13.4. The monoisotopic (exact) mass is 371 g/mol. The molecule has 0 aliphatic carbocycles. The van der Waals surface area contributed by atoms with Crippen molar-refractivity contribution in [3.63, 3.8) is 0 Å². The molecule has 4 aromatic rings. The molecule has 1 amide bonds. The minimum atomic E-state index is 0.0701. The van der Waals surface area contributed by atoms with Crippen LogP contribution in [0.3, 0.4) is 0 Å².